The third-order valence-electron chi connectivity index (χ3n) is 4.72. The summed E-state index contributed by atoms with van der Waals surface area (Å²) in [6.07, 6.45) is 1.16. The number of carbonyl (C=O) groups excluding carboxylic acids is 2. The Morgan fingerprint density at radius 2 is 1.79 bits per heavy atom. The summed E-state index contributed by atoms with van der Waals surface area (Å²) in [7, 11) is 0. The Labute approximate surface area is 191 Å². The minimum atomic E-state index is -1.16. The van der Waals surface area contributed by atoms with Crippen molar-refractivity contribution in [2.75, 3.05) is 13.4 Å². The SMILES string of the molecule is CCCCOCn1c(=O)ccn([C@H](OCOC(C)=O)C(CC)OC(=O)c2ccccc2)c1=O. The van der Waals surface area contributed by atoms with Crippen molar-refractivity contribution in [3.8, 4) is 0 Å². The molecular formula is C23H30N2O8. The maximum atomic E-state index is 13.1. The fraction of sp³-hybridized carbons (Fsp3) is 0.478. The molecule has 0 spiro atoms. The van der Waals surface area contributed by atoms with Gasteiger partial charge in [0, 0.05) is 25.8 Å². The molecule has 180 valence electrons. The summed E-state index contributed by atoms with van der Waals surface area (Å²) < 4.78 is 23.6. The predicted octanol–water partition coefficient (Wildman–Crippen LogP) is 2.46. The summed E-state index contributed by atoms with van der Waals surface area (Å²) in [6.45, 7) is 4.66. The van der Waals surface area contributed by atoms with Gasteiger partial charge in [-0.1, -0.05) is 38.5 Å². The van der Waals surface area contributed by atoms with Gasteiger partial charge in [-0.25, -0.2) is 14.2 Å². The second-order valence-corrected chi connectivity index (χ2v) is 7.19. The van der Waals surface area contributed by atoms with Gasteiger partial charge < -0.3 is 18.9 Å². The van der Waals surface area contributed by atoms with Crippen molar-refractivity contribution in [3.05, 3.63) is 69.0 Å². The molecule has 0 fully saturated rings. The number of rotatable bonds is 13. The fourth-order valence-corrected chi connectivity index (χ4v) is 2.92. The predicted molar refractivity (Wildman–Crippen MR) is 119 cm³/mol. The molecule has 1 aromatic carbocycles. The number of esters is 2. The van der Waals surface area contributed by atoms with Crippen LogP contribution in [0.4, 0.5) is 0 Å². The van der Waals surface area contributed by atoms with Crippen LogP contribution in [0.3, 0.4) is 0 Å². The molecule has 0 saturated heterocycles. The molecule has 1 heterocycles. The first kappa shape index (κ1) is 26.0. The molecule has 0 radical (unpaired) electrons. The van der Waals surface area contributed by atoms with Gasteiger partial charge in [-0.05, 0) is 25.0 Å². The molecule has 10 nitrogen and oxygen atoms in total. The van der Waals surface area contributed by atoms with E-state index in [2.05, 4.69) is 0 Å². The van der Waals surface area contributed by atoms with Gasteiger partial charge in [0.1, 0.15) is 12.8 Å². The molecule has 0 aliphatic rings. The van der Waals surface area contributed by atoms with Crippen molar-refractivity contribution in [1.82, 2.24) is 9.13 Å². The summed E-state index contributed by atoms with van der Waals surface area (Å²) in [5.41, 5.74) is -0.918. The van der Waals surface area contributed by atoms with E-state index in [0.29, 0.717) is 12.2 Å². The van der Waals surface area contributed by atoms with E-state index in [1.165, 1.54) is 19.2 Å². The molecule has 0 bridgehead atoms. The van der Waals surface area contributed by atoms with Gasteiger partial charge in [-0.2, -0.15) is 0 Å². The zero-order chi connectivity index (χ0) is 24.2. The summed E-state index contributed by atoms with van der Waals surface area (Å²) in [6, 6.07) is 9.56. The average Bonchev–Trinajstić information content (AvgIpc) is 2.81. The molecule has 1 aromatic heterocycles. The molecule has 0 N–H and O–H groups in total. The van der Waals surface area contributed by atoms with E-state index in [4.69, 9.17) is 18.9 Å². The van der Waals surface area contributed by atoms with E-state index in [0.717, 1.165) is 22.0 Å². The Morgan fingerprint density at radius 1 is 1.06 bits per heavy atom. The lowest BCUT2D eigenvalue weighted by Gasteiger charge is -2.28. The topological polar surface area (TPSA) is 115 Å². The third kappa shape index (κ3) is 7.69. The van der Waals surface area contributed by atoms with Crippen molar-refractivity contribution in [3.63, 3.8) is 0 Å². The Morgan fingerprint density at radius 3 is 2.42 bits per heavy atom. The van der Waals surface area contributed by atoms with Crippen molar-refractivity contribution in [2.45, 2.75) is 59.1 Å². The van der Waals surface area contributed by atoms with E-state index in [9.17, 15) is 19.2 Å². The van der Waals surface area contributed by atoms with E-state index < -0.39 is 42.3 Å². The van der Waals surface area contributed by atoms with Crippen LogP contribution in [0.5, 0.6) is 0 Å². The number of ether oxygens (including phenoxy) is 4. The fourth-order valence-electron chi connectivity index (χ4n) is 2.92. The first-order chi connectivity index (χ1) is 15.9. The van der Waals surface area contributed by atoms with Gasteiger partial charge in [-0.15, -0.1) is 0 Å². The number of hydrogen-bond acceptors (Lipinski definition) is 8. The molecule has 0 amide bonds. The quantitative estimate of drug-likeness (QED) is 0.253. The maximum Gasteiger partial charge on any atom is 0.338 e. The van der Waals surface area contributed by atoms with Crippen LogP contribution in [0.25, 0.3) is 0 Å². The highest BCUT2D eigenvalue weighted by Crippen LogP contribution is 2.20. The normalized spacial score (nSPS) is 12.7. The van der Waals surface area contributed by atoms with Gasteiger partial charge in [0.2, 0.25) is 0 Å². The van der Waals surface area contributed by atoms with Crippen LogP contribution in [0, 0.1) is 0 Å². The van der Waals surface area contributed by atoms with E-state index >= 15 is 0 Å². The second kappa shape index (κ2) is 13.3. The van der Waals surface area contributed by atoms with E-state index in [1.807, 2.05) is 6.92 Å². The standard InChI is InChI=1S/C23H30N2O8/c1-4-6-14-30-15-25-20(27)12-13-24(23(25)29)21(32-16-31-17(3)26)19(5-2)33-22(28)18-10-8-7-9-11-18/h7-13,19,21H,4-6,14-16H2,1-3H3/t19?,21-/m1/s1. The Balaban J connectivity index is 2.34. The van der Waals surface area contributed by atoms with Crippen LogP contribution in [-0.4, -0.2) is 40.6 Å². The molecule has 2 atom stereocenters. The smallest absolute Gasteiger partial charge is 0.338 e. The maximum absolute atomic E-state index is 13.1. The van der Waals surface area contributed by atoms with Crippen LogP contribution >= 0.6 is 0 Å². The molecule has 1 unspecified atom stereocenters. The third-order valence-corrected chi connectivity index (χ3v) is 4.72. The van der Waals surface area contributed by atoms with Crippen molar-refractivity contribution < 1.29 is 28.5 Å². The highest BCUT2D eigenvalue weighted by molar-refractivity contribution is 5.89. The number of nitrogens with zero attached hydrogens (tertiary/aromatic N) is 2. The zero-order valence-corrected chi connectivity index (χ0v) is 19.1. The van der Waals surface area contributed by atoms with Crippen LogP contribution in [0.1, 0.15) is 56.6 Å². The molecule has 10 heteroatoms. The molecular weight excluding hydrogens is 432 g/mol. The summed E-state index contributed by atoms with van der Waals surface area (Å²) in [4.78, 5) is 49.1. The average molecular weight is 462 g/mol. The monoisotopic (exact) mass is 462 g/mol. The molecule has 0 aliphatic carbocycles. The van der Waals surface area contributed by atoms with Crippen molar-refractivity contribution in [1.29, 1.82) is 0 Å². The molecule has 0 saturated carbocycles. The van der Waals surface area contributed by atoms with Gasteiger partial charge in [0.15, 0.2) is 13.0 Å². The largest absolute Gasteiger partial charge is 0.454 e. The lowest BCUT2D eigenvalue weighted by Crippen LogP contribution is -2.45. The minimum absolute atomic E-state index is 0.226. The van der Waals surface area contributed by atoms with Gasteiger partial charge in [-0.3, -0.25) is 14.2 Å². The highest BCUT2D eigenvalue weighted by Gasteiger charge is 2.29. The van der Waals surface area contributed by atoms with E-state index in [-0.39, 0.29) is 13.2 Å². The Hall–Kier alpha value is -3.24. The summed E-state index contributed by atoms with van der Waals surface area (Å²) in [5.74, 6) is -1.18. The molecule has 2 rings (SSSR count). The Kier molecular flexibility index (Phi) is 10.5. The van der Waals surface area contributed by atoms with E-state index in [1.54, 1.807) is 37.3 Å². The lowest BCUT2D eigenvalue weighted by molar-refractivity contribution is -0.176. The summed E-state index contributed by atoms with van der Waals surface area (Å²) >= 11 is 0. The first-order valence-corrected chi connectivity index (χ1v) is 10.8. The first-order valence-electron chi connectivity index (χ1n) is 10.8. The second-order valence-electron chi connectivity index (χ2n) is 7.19. The number of carbonyl (C=O) groups is 2. The highest BCUT2D eigenvalue weighted by atomic mass is 16.7. The lowest BCUT2D eigenvalue weighted by atomic mass is 10.2. The number of benzene rings is 1. The van der Waals surface area contributed by atoms with Gasteiger partial charge >= 0.3 is 17.6 Å². The molecule has 2 aromatic rings. The Bertz CT molecular complexity index is 1020. The van der Waals surface area contributed by atoms with Crippen LogP contribution in [-0.2, 0) is 30.5 Å². The molecule has 0 aliphatic heterocycles. The van der Waals surface area contributed by atoms with Crippen LogP contribution in [0.2, 0.25) is 0 Å². The van der Waals surface area contributed by atoms with Crippen LogP contribution < -0.4 is 11.2 Å². The van der Waals surface area contributed by atoms with Crippen molar-refractivity contribution >= 4 is 11.9 Å². The van der Waals surface area contributed by atoms with Gasteiger partial charge in [0.05, 0.1) is 5.56 Å². The minimum Gasteiger partial charge on any atom is -0.454 e. The van der Waals surface area contributed by atoms with Gasteiger partial charge in [0.25, 0.3) is 5.56 Å². The van der Waals surface area contributed by atoms with Crippen molar-refractivity contribution in [2.24, 2.45) is 0 Å². The molecule has 33 heavy (non-hydrogen) atoms. The van der Waals surface area contributed by atoms with Crippen LogP contribution in [0.15, 0.2) is 52.2 Å². The number of hydrogen-bond donors (Lipinski definition) is 0. The number of aromatic nitrogens is 2. The number of unbranched alkanes of at least 4 members (excludes halogenated alkanes) is 1. The summed E-state index contributed by atoms with van der Waals surface area (Å²) in [5, 5.41) is 0. The zero-order valence-electron chi connectivity index (χ0n) is 19.1.